The van der Waals surface area contributed by atoms with Gasteiger partial charge in [0.25, 0.3) is 5.91 Å². The summed E-state index contributed by atoms with van der Waals surface area (Å²) in [5, 5.41) is 11.8. The number of aryl methyl sites for hydroxylation is 1. The van der Waals surface area contributed by atoms with E-state index in [1.54, 1.807) is 6.07 Å². The second-order valence-corrected chi connectivity index (χ2v) is 5.61. The smallest absolute Gasteiger partial charge is 0.251 e. The van der Waals surface area contributed by atoms with Gasteiger partial charge in [-0.1, -0.05) is 38.2 Å². The molecule has 0 aliphatic heterocycles. The average molecular weight is 287 g/mol. The van der Waals surface area contributed by atoms with Crippen molar-refractivity contribution in [1.82, 2.24) is 5.32 Å². The molecule has 3 nitrogen and oxygen atoms in total. The molecule has 114 valence electrons. The van der Waals surface area contributed by atoms with Crippen LogP contribution in [0.4, 0.5) is 0 Å². The van der Waals surface area contributed by atoms with E-state index in [0.717, 1.165) is 24.0 Å². The Morgan fingerprint density at radius 1 is 1.38 bits per heavy atom. The molecule has 0 aromatic heterocycles. The molecule has 0 heterocycles. The first-order valence-corrected chi connectivity index (χ1v) is 7.49. The lowest BCUT2D eigenvalue weighted by atomic mass is 9.99. The summed E-state index contributed by atoms with van der Waals surface area (Å²) in [4.78, 5) is 12.4. The van der Waals surface area contributed by atoms with E-state index in [1.165, 1.54) is 0 Å². The lowest BCUT2D eigenvalue weighted by molar-refractivity contribution is 0.0934. The highest BCUT2D eigenvalue weighted by molar-refractivity contribution is 5.96. The minimum atomic E-state index is -0.179. The van der Waals surface area contributed by atoms with Crippen LogP contribution in [0, 0.1) is 24.7 Å². The van der Waals surface area contributed by atoms with E-state index < -0.39 is 0 Å². The van der Waals surface area contributed by atoms with E-state index in [0.29, 0.717) is 11.5 Å². The van der Waals surface area contributed by atoms with Crippen LogP contribution in [-0.2, 0) is 0 Å². The van der Waals surface area contributed by atoms with Crippen molar-refractivity contribution in [1.29, 1.82) is 0 Å². The highest BCUT2D eigenvalue weighted by Crippen LogP contribution is 2.13. The molecule has 3 heteroatoms. The molecule has 0 saturated carbocycles. The van der Waals surface area contributed by atoms with E-state index >= 15 is 0 Å². The maximum absolute atomic E-state index is 12.4. The van der Waals surface area contributed by atoms with Crippen LogP contribution in [0.2, 0.25) is 0 Å². The number of amides is 1. The molecule has 0 saturated heterocycles. The number of rotatable bonds is 5. The summed E-state index contributed by atoms with van der Waals surface area (Å²) in [6, 6.07) is 5.68. The molecule has 0 aliphatic rings. The minimum absolute atomic E-state index is 0.0593. The van der Waals surface area contributed by atoms with Crippen LogP contribution < -0.4 is 5.32 Å². The summed E-state index contributed by atoms with van der Waals surface area (Å²) in [6.45, 7) is 8.12. The van der Waals surface area contributed by atoms with Crippen molar-refractivity contribution in [2.24, 2.45) is 5.92 Å². The molecule has 0 radical (unpaired) electrons. The first-order valence-electron chi connectivity index (χ1n) is 7.49. The largest absolute Gasteiger partial charge is 0.384 e. The fourth-order valence-electron chi connectivity index (χ4n) is 2.22. The maximum atomic E-state index is 12.4. The fourth-order valence-corrected chi connectivity index (χ4v) is 2.22. The van der Waals surface area contributed by atoms with Gasteiger partial charge in [-0.05, 0) is 43.9 Å². The quantitative estimate of drug-likeness (QED) is 0.818. The summed E-state index contributed by atoms with van der Waals surface area (Å²) in [6.07, 6.45) is 2.09. The summed E-state index contributed by atoms with van der Waals surface area (Å²) >= 11 is 0. The van der Waals surface area contributed by atoms with E-state index in [2.05, 4.69) is 31.0 Å². The third-order valence-corrected chi connectivity index (χ3v) is 3.62. The fraction of sp³-hybridized carbons (Fsp3) is 0.500. The molecule has 1 rings (SSSR count). The number of hydrogen-bond acceptors (Lipinski definition) is 2. The molecule has 1 aromatic rings. The van der Waals surface area contributed by atoms with Gasteiger partial charge in [0.15, 0.2) is 0 Å². The summed E-state index contributed by atoms with van der Waals surface area (Å²) in [5.41, 5.74) is 2.32. The van der Waals surface area contributed by atoms with E-state index in [-0.39, 0.29) is 18.6 Å². The highest BCUT2D eigenvalue weighted by Gasteiger charge is 2.14. The Kier molecular flexibility index (Phi) is 6.98. The molecular weight excluding hydrogens is 262 g/mol. The number of benzene rings is 1. The van der Waals surface area contributed by atoms with Gasteiger partial charge in [-0.2, -0.15) is 0 Å². The number of nitrogens with one attached hydrogen (secondary N) is 1. The van der Waals surface area contributed by atoms with Gasteiger partial charge in [0.05, 0.1) is 0 Å². The first kappa shape index (κ1) is 17.3. The third kappa shape index (κ3) is 5.61. The van der Waals surface area contributed by atoms with Gasteiger partial charge in [0.2, 0.25) is 0 Å². The van der Waals surface area contributed by atoms with Gasteiger partial charge in [-0.25, -0.2) is 0 Å². The van der Waals surface area contributed by atoms with Gasteiger partial charge >= 0.3 is 0 Å². The normalized spacial score (nSPS) is 13.0. The van der Waals surface area contributed by atoms with Crippen molar-refractivity contribution < 1.29 is 9.90 Å². The summed E-state index contributed by atoms with van der Waals surface area (Å²) in [7, 11) is 0. The van der Waals surface area contributed by atoms with E-state index in [1.807, 2.05) is 26.0 Å². The monoisotopic (exact) mass is 287 g/mol. The molecular formula is C18H25NO2. The van der Waals surface area contributed by atoms with Crippen molar-refractivity contribution in [2.75, 3.05) is 6.61 Å². The zero-order chi connectivity index (χ0) is 15.8. The number of aliphatic hydroxyl groups excluding tert-OH is 1. The number of carbonyl (C=O) groups is 1. The third-order valence-electron chi connectivity index (χ3n) is 3.62. The minimum Gasteiger partial charge on any atom is -0.384 e. The second-order valence-electron chi connectivity index (χ2n) is 5.61. The van der Waals surface area contributed by atoms with Crippen LogP contribution in [0.25, 0.3) is 0 Å². The zero-order valence-corrected chi connectivity index (χ0v) is 13.4. The van der Waals surface area contributed by atoms with Crippen molar-refractivity contribution in [3.05, 3.63) is 34.9 Å². The van der Waals surface area contributed by atoms with Crippen LogP contribution in [0.5, 0.6) is 0 Å². The first-order chi connectivity index (χ1) is 9.97. The number of hydrogen-bond donors (Lipinski definition) is 2. The SMILES string of the molecule is CCC(C)CC(C)NC(=O)c1cc(C#CCO)ccc1C. The van der Waals surface area contributed by atoms with Crippen molar-refractivity contribution in [3.63, 3.8) is 0 Å². The second kappa shape index (κ2) is 8.49. The molecule has 2 N–H and O–H groups in total. The molecule has 21 heavy (non-hydrogen) atoms. The zero-order valence-electron chi connectivity index (χ0n) is 13.4. The van der Waals surface area contributed by atoms with Gasteiger partial charge in [-0.15, -0.1) is 0 Å². The summed E-state index contributed by atoms with van der Waals surface area (Å²) in [5.74, 6) is 5.97. The molecule has 2 atom stereocenters. The van der Waals surface area contributed by atoms with E-state index in [4.69, 9.17) is 5.11 Å². The molecule has 0 spiro atoms. The standard InChI is InChI=1S/C18H25NO2/c1-5-13(2)11-15(4)19-18(21)17-12-16(7-6-10-20)9-8-14(17)3/h8-9,12-13,15,20H,5,10-11H2,1-4H3,(H,19,21). The van der Waals surface area contributed by atoms with Crippen molar-refractivity contribution in [3.8, 4) is 11.8 Å². The Bertz CT molecular complexity index is 540. The van der Waals surface area contributed by atoms with Gasteiger partial charge < -0.3 is 10.4 Å². The molecule has 0 fully saturated rings. The van der Waals surface area contributed by atoms with Crippen LogP contribution in [0.1, 0.15) is 55.1 Å². The highest BCUT2D eigenvalue weighted by atomic mass is 16.2. The molecule has 0 aliphatic carbocycles. The Hall–Kier alpha value is -1.79. The lowest BCUT2D eigenvalue weighted by Crippen LogP contribution is -2.34. The van der Waals surface area contributed by atoms with Crippen molar-refractivity contribution in [2.45, 2.75) is 46.6 Å². The van der Waals surface area contributed by atoms with Crippen molar-refractivity contribution >= 4 is 5.91 Å². The van der Waals surface area contributed by atoms with Crippen LogP contribution in [0.15, 0.2) is 18.2 Å². The Morgan fingerprint density at radius 3 is 2.71 bits per heavy atom. The lowest BCUT2D eigenvalue weighted by Gasteiger charge is -2.18. The molecule has 2 unspecified atom stereocenters. The van der Waals surface area contributed by atoms with Gasteiger partial charge in [-0.3, -0.25) is 4.79 Å². The van der Waals surface area contributed by atoms with Crippen LogP contribution >= 0.6 is 0 Å². The van der Waals surface area contributed by atoms with Crippen LogP contribution in [-0.4, -0.2) is 23.7 Å². The predicted octanol–water partition coefficient (Wildman–Crippen LogP) is 2.89. The van der Waals surface area contributed by atoms with E-state index in [9.17, 15) is 4.79 Å². The average Bonchev–Trinajstić information content (AvgIpc) is 2.45. The Balaban J connectivity index is 2.81. The molecule has 1 amide bonds. The van der Waals surface area contributed by atoms with Crippen LogP contribution in [0.3, 0.4) is 0 Å². The number of carbonyl (C=O) groups excluding carboxylic acids is 1. The van der Waals surface area contributed by atoms with Gasteiger partial charge in [0, 0.05) is 17.2 Å². The maximum Gasteiger partial charge on any atom is 0.251 e. The Labute approximate surface area is 127 Å². The Morgan fingerprint density at radius 2 is 2.10 bits per heavy atom. The number of aliphatic hydroxyl groups is 1. The molecule has 1 aromatic carbocycles. The summed E-state index contributed by atoms with van der Waals surface area (Å²) < 4.78 is 0. The predicted molar refractivity (Wildman–Crippen MR) is 86.1 cm³/mol. The topological polar surface area (TPSA) is 49.3 Å². The van der Waals surface area contributed by atoms with Gasteiger partial charge in [0.1, 0.15) is 6.61 Å². The molecule has 0 bridgehead atoms.